The lowest BCUT2D eigenvalue weighted by molar-refractivity contribution is 0.272. The lowest BCUT2D eigenvalue weighted by Crippen LogP contribution is -2.39. The summed E-state index contributed by atoms with van der Waals surface area (Å²) in [5.41, 5.74) is 6.36. The van der Waals surface area contributed by atoms with Gasteiger partial charge in [-0.1, -0.05) is 6.58 Å². The number of hydrogen-bond donors (Lipinski definition) is 2. The first-order chi connectivity index (χ1) is 19.7. The van der Waals surface area contributed by atoms with Crippen LogP contribution in [0.5, 0.6) is 11.5 Å². The summed E-state index contributed by atoms with van der Waals surface area (Å²) < 4.78 is 17.0. The SMILES string of the molecule is C=CC(=C1CCC1)N1CCC(Nc2cc3c(Nc4cc(-c5ccco5)ccc4OC)ncnc3cc2OC)CC1. The molecular formula is C32H35N5O3. The van der Waals surface area contributed by atoms with Gasteiger partial charge in [0.05, 0.1) is 37.4 Å². The molecule has 6 rings (SSSR count). The molecule has 0 atom stereocenters. The van der Waals surface area contributed by atoms with E-state index in [2.05, 4.69) is 38.1 Å². The van der Waals surface area contributed by atoms with Crippen molar-refractivity contribution in [1.29, 1.82) is 0 Å². The minimum absolute atomic E-state index is 0.339. The van der Waals surface area contributed by atoms with Gasteiger partial charge in [0.15, 0.2) is 0 Å². The molecule has 1 aliphatic heterocycles. The third kappa shape index (κ3) is 5.09. The van der Waals surface area contributed by atoms with Gasteiger partial charge in [-0.05, 0) is 80.2 Å². The van der Waals surface area contributed by atoms with Gasteiger partial charge < -0.3 is 29.4 Å². The number of fused-ring (bicyclic) bond motifs is 1. The van der Waals surface area contributed by atoms with Crippen molar-refractivity contribution in [2.24, 2.45) is 0 Å². The maximum absolute atomic E-state index is 5.77. The summed E-state index contributed by atoms with van der Waals surface area (Å²) >= 11 is 0. The van der Waals surface area contributed by atoms with E-state index in [0.717, 1.165) is 65.3 Å². The van der Waals surface area contributed by atoms with Crippen LogP contribution < -0.4 is 20.1 Å². The van der Waals surface area contributed by atoms with E-state index in [9.17, 15) is 0 Å². The Bertz CT molecular complexity index is 1530. The summed E-state index contributed by atoms with van der Waals surface area (Å²) in [6.07, 6.45) is 11.1. The van der Waals surface area contributed by atoms with E-state index in [-0.39, 0.29) is 0 Å². The third-order valence-corrected chi connectivity index (χ3v) is 7.92. The Labute approximate surface area is 234 Å². The summed E-state index contributed by atoms with van der Waals surface area (Å²) in [5, 5.41) is 8.12. The number of aromatic nitrogens is 2. The van der Waals surface area contributed by atoms with E-state index in [4.69, 9.17) is 13.9 Å². The second kappa shape index (κ2) is 11.3. The summed E-state index contributed by atoms with van der Waals surface area (Å²) in [7, 11) is 3.35. The quantitative estimate of drug-likeness (QED) is 0.233. The van der Waals surface area contributed by atoms with Gasteiger partial charge in [-0.25, -0.2) is 9.97 Å². The minimum atomic E-state index is 0.339. The van der Waals surface area contributed by atoms with Crippen LogP contribution in [0.1, 0.15) is 32.1 Å². The number of nitrogens with zero attached hydrogens (tertiary/aromatic N) is 3. The molecule has 206 valence electrons. The van der Waals surface area contributed by atoms with Gasteiger partial charge in [-0.2, -0.15) is 0 Å². The highest BCUT2D eigenvalue weighted by Crippen LogP contribution is 2.38. The number of methoxy groups -OCH3 is 2. The van der Waals surface area contributed by atoms with Crippen LogP contribution in [0.25, 0.3) is 22.2 Å². The van der Waals surface area contributed by atoms with Crippen LogP contribution in [0.15, 0.2) is 83.4 Å². The predicted octanol–water partition coefficient (Wildman–Crippen LogP) is 7.15. The Kier molecular flexibility index (Phi) is 7.31. The molecule has 4 aromatic rings. The fraction of sp³-hybridized carbons (Fsp3) is 0.312. The van der Waals surface area contributed by atoms with Gasteiger partial charge in [0, 0.05) is 41.8 Å². The Balaban J connectivity index is 1.26. The highest BCUT2D eigenvalue weighted by atomic mass is 16.5. The number of furan rings is 1. The number of anilines is 3. The summed E-state index contributed by atoms with van der Waals surface area (Å²) in [6.45, 7) is 6.11. The molecule has 0 amide bonds. The van der Waals surface area contributed by atoms with Crippen molar-refractivity contribution >= 4 is 28.1 Å². The highest BCUT2D eigenvalue weighted by Gasteiger charge is 2.24. The second-order valence-electron chi connectivity index (χ2n) is 10.3. The maximum atomic E-state index is 5.77. The lowest BCUT2D eigenvalue weighted by Gasteiger charge is -2.37. The third-order valence-electron chi connectivity index (χ3n) is 7.92. The van der Waals surface area contributed by atoms with Gasteiger partial charge in [-0.3, -0.25) is 0 Å². The standard InChI is InChI=1S/C32H35N5O3/c1-4-28(21-7-5-8-21)37-14-12-23(13-15-37)35-27-18-24-25(19-31(27)39-3)33-20-34-32(24)36-26-17-22(10-11-30(26)38-2)29-9-6-16-40-29/h4,6,9-11,16-20,23,35H,1,5,7-8,12-15H2,2-3H3,(H,33,34,36). The predicted molar refractivity (Wildman–Crippen MR) is 159 cm³/mol. The number of piperidine rings is 1. The molecule has 1 aliphatic carbocycles. The van der Waals surface area contributed by atoms with E-state index in [1.807, 2.05) is 42.5 Å². The zero-order valence-electron chi connectivity index (χ0n) is 23.1. The molecule has 2 aromatic carbocycles. The molecule has 2 N–H and O–H groups in total. The molecule has 8 heteroatoms. The van der Waals surface area contributed by atoms with E-state index < -0.39 is 0 Å². The van der Waals surface area contributed by atoms with Crippen molar-refractivity contribution in [1.82, 2.24) is 14.9 Å². The Morgan fingerprint density at radius 3 is 2.52 bits per heavy atom. The summed E-state index contributed by atoms with van der Waals surface area (Å²) in [5.74, 6) is 2.93. The first kappa shape index (κ1) is 25.8. The number of allylic oxidation sites excluding steroid dienone is 2. The number of rotatable bonds is 9. The molecule has 2 aromatic heterocycles. The molecule has 0 radical (unpaired) electrons. The number of ether oxygens (including phenoxy) is 2. The molecule has 0 unspecified atom stereocenters. The molecule has 8 nitrogen and oxygen atoms in total. The molecule has 40 heavy (non-hydrogen) atoms. The van der Waals surface area contributed by atoms with Crippen LogP contribution in [0.4, 0.5) is 17.2 Å². The van der Waals surface area contributed by atoms with Crippen molar-refractivity contribution in [2.45, 2.75) is 38.1 Å². The van der Waals surface area contributed by atoms with Gasteiger partial charge >= 0.3 is 0 Å². The average molecular weight is 538 g/mol. The first-order valence-corrected chi connectivity index (χ1v) is 13.8. The van der Waals surface area contributed by atoms with Gasteiger partial charge in [0.2, 0.25) is 0 Å². The highest BCUT2D eigenvalue weighted by molar-refractivity contribution is 5.95. The fourth-order valence-electron chi connectivity index (χ4n) is 5.59. The molecule has 0 spiro atoms. The first-order valence-electron chi connectivity index (χ1n) is 13.8. The van der Waals surface area contributed by atoms with Crippen molar-refractivity contribution < 1.29 is 13.9 Å². The smallest absolute Gasteiger partial charge is 0.144 e. The minimum Gasteiger partial charge on any atom is -0.495 e. The number of likely N-dealkylation sites (tertiary alicyclic amines) is 1. The number of hydrogen-bond acceptors (Lipinski definition) is 8. The van der Waals surface area contributed by atoms with Crippen LogP contribution in [-0.2, 0) is 0 Å². The number of nitrogens with one attached hydrogen (secondary N) is 2. The van der Waals surface area contributed by atoms with Crippen molar-refractivity contribution in [3.63, 3.8) is 0 Å². The Hall–Kier alpha value is -4.46. The normalized spacial score (nSPS) is 15.4. The largest absolute Gasteiger partial charge is 0.495 e. The molecular weight excluding hydrogens is 502 g/mol. The van der Waals surface area contributed by atoms with E-state index in [1.165, 1.54) is 25.0 Å². The molecule has 2 fully saturated rings. The molecule has 3 heterocycles. The van der Waals surface area contributed by atoms with Crippen LogP contribution in [0.3, 0.4) is 0 Å². The fourth-order valence-corrected chi connectivity index (χ4v) is 5.59. The average Bonchev–Trinajstić information content (AvgIpc) is 3.50. The summed E-state index contributed by atoms with van der Waals surface area (Å²) in [4.78, 5) is 11.6. The van der Waals surface area contributed by atoms with Gasteiger partial charge in [0.1, 0.15) is 29.4 Å². The van der Waals surface area contributed by atoms with E-state index >= 15 is 0 Å². The van der Waals surface area contributed by atoms with Crippen LogP contribution in [-0.4, -0.2) is 48.2 Å². The van der Waals surface area contributed by atoms with Crippen LogP contribution >= 0.6 is 0 Å². The second-order valence-corrected chi connectivity index (χ2v) is 10.3. The Morgan fingerprint density at radius 2 is 1.85 bits per heavy atom. The van der Waals surface area contributed by atoms with Crippen LogP contribution in [0, 0.1) is 0 Å². The lowest BCUT2D eigenvalue weighted by atomic mass is 9.89. The number of benzene rings is 2. The van der Waals surface area contributed by atoms with E-state index in [1.54, 1.807) is 32.4 Å². The maximum Gasteiger partial charge on any atom is 0.144 e. The molecule has 0 bridgehead atoms. The van der Waals surface area contributed by atoms with Crippen molar-refractivity contribution in [2.75, 3.05) is 37.9 Å². The summed E-state index contributed by atoms with van der Waals surface area (Å²) in [6, 6.07) is 14.1. The van der Waals surface area contributed by atoms with Crippen molar-refractivity contribution in [3.05, 3.63) is 79.0 Å². The van der Waals surface area contributed by atoms with Crippen molar-refractivity contribution in [3.8, 4) is 22.8 Å². The van der Waals surface area contributed by atoms with Gasteiger partial charge in [0.25, 0.3) is 0 Å². The zero-order chi connectivity index (χ0) is 27.5. The van der Waals surface area contributed by atoms with Gasteiger partial charge in [-0.15, -0.1) is 0 Å². The van der Waals surface area contributed by atoms with Crippen LogP contribution in [0.2, 0.25) is 0 Å². The molecule has 1 saturated heterocycles. The monoisotopic (exact) mass is 537 g/mol. The topological polar surface area (TPSA) is 84.7 Å². The Morgan fingerprint density at radius 1 is 1.02 bits per heavy atom. The molecule has 2 aliphatic rings. The zero-order valence-corrected chi connectivity index (χ0v) is 23.1. The van der Waals surface area contributed by atoms with E-state index in [0.29, 0.717) is 17.6 Å². The molecule has 1 saturated carbocycles.